The maximum Gasteiger partial charge on any atom is 0.130 e. The number of aromatic nitrogens is 1. The molecule has 22 heavy (non-hydrogen) atoms. The van der Waals surface area contributed by atoms with Crippen molar-refractivity contribution < 1.29 is 0 Å². The molecule has 1 saturated carbocycles. The molecule has 1 aliphatic heterocycles. The molecule has 1 aliphatic carbocycles. The van der Waals surface area contributed by atoms with Crippen LogP contribution in [0, 0.1) is 0 Å². The second-order valence-corrected chi connectivity index (χ2v) is 7.26. The minimum absolute atomic E-state index is 0.536. The van der Waals surface area contributed by atoms with Gasteiger partial charge in [-0.3, -0.25) is 4.90 Å². The zero-order valence-corrected chi connectivity index (χ0v) is 14.2. The van der Waals surface area contributed by atoms with Gasteiger partial charge in [-0.15, -0.1) is 0 Å². The molecule has 1 N–H and O–H groups in total. The Labute approximate surface area is 135 Å². The molecule has 1 aromatic heterocycles. The van der Waals surface area contributed by atoms with Crippen molar-refractivity contribution in [1.82, 2.24) is 9.88 Å². The average molecular weight is 301 g/mol. The monoisotopic (exact) mass is 301 g/mol. The van der Waals surface area contributed by atoms with E-state index in [1.54, 1.807) is 0 Å². The van der Waals surface area contributed by atoms with E-state index < -0.39 is 0 Å². The van der Waals surface area contributed by atoms with Gasteiger partial charge in [0.15, 0.2) is 0 Å². The molecule has 2 fully saturated rings. The van der Waals surface area contributed by atoms with Gasteiger partial charge >= 0.3 is 0 Å². The topological polar surface area (TPSA) is 28.2 Å². The standard InChI is InChI=1S/C19H31N3/c1-15(2)22-14-7-6-12-18(22)17-11-8-13-20-19(17)21-16-9-4-3-5-10-16/h8,11,13,15-16,18H,3-7,9-10,12,14H2,1-2H3,(H,20,21)/t18-/m0/s1. The van der Waals surface area contributed by atoms with Gasteiger partial charge in [0.25, 0.3) is 0 Å². The van der Waals surface area contributed by atoms with Crippen LogP contribution in [0.15, 0.2) is 18.3 Å². The van der Waals surface area contributed by atoms with Crippen molar-refractivity contribution in [2.75, 3.05) is 11.9 Å². The predicted molar refractivity (Wildman–Crippen MR) is 93.2 cm³/mol. The summed E-state index contributed by atoms with van der Waals surface area (Å²) in [6.07, 6.45) is 12.6. The van der Waals surface area contributed by atoms with E-state index >= 15 is 0 Å². The van der Waals surface area contributed by atoms with Gasteiger partial charge in [-0.1, -0.05) is 31.7 Å². The van der Waals surface area contributed by atoms with Crippen molar-refractivity contribution in [3.63, 3.8) is 0 Å². The number of nitrogens with one attached hydrogen (secondary N) is 1. The Morgan fingerprint density at radius 1 is 1.09 bits per heavy atom. The maximum atomic E-state index is 4.70. The number of anilines is 1. The zero-order valence-electron chi connectivity index (χ0n) is 14.2. The van der Waals surface area contributed by atoms with Crippen LogP contribution in [0.25, 0.3) is 0 Å². The van der Waals surface area contributed by atoms with Crippen LogP contribution in [-0.4, -0.2) is 28.5 Å². The lowest BCUT2D eigenvalue weighted by molar-refractivity contribution is 0.112. The molecule has 0 aromatic carbocycles. The van der Waals surface area contributed by atoms with Gasteiger partial charge in [-0.25, -0.2) is 4.98 Å². The highest BCUT2D eigenvalue weighted by Gasteiger charge is 2.28. The molecule has 122 valence electrons. The first kappa shape index (κ1) is 15.8. The van der Waals surface area contributed by atoms with Crippen LogP contribution in [0.1, 0.15) is 76.8 Å². The molecule has 0 spiro atoms. The molecule has 1 atom stereocenters. The summed E-state index contributed by atoms with van der Waals surface area (Å²) < 4.78 is 0. The largest absolute Gasteiger partial charge is 0.367 e. The normalized spacial score (nSPS) is 24.6. The van der Waals surface area contributed by atoms with E-state index in [1.807, 2.05) is 6.20 Å². The van der Waals surface area contributed by atoms with E-state index in [4.69, 9.17) is 4.98 Å². The summed E-state index contributed by atoms with van der Waals surface area (Å²) >= 11 is 0. The quantitative estimate of drug-likeness (QED) is 0.869. The zero-order chi connectivity index (χ0) is 15.4. The molecule has 1 saturated heterocycles. The summed E-state index contributed by atoms with van der Waals surface area (Å²) in [4.78, 5) is 7.36. The van der Waals surface area contributed by atoms with Crippen molar-refractivity contribution in [3.05, 3.63) is 23.9 Å². The Hall–Kier alpha value is -1.09. The minimum Gasteiger partial charge on any atom is -0.367 e. The van der Waals surface area contributed by atoms with E-state index in [0.717, 1.165) is 5.82 Å². The van der Waals surface area contributed by atoms with Crippen molar-refractivity contribution in [3.8, 4) is 0 Å². The summed E-state index contributed by atoms with van der Waals surface area (Å²) in [6, 6.07) is 6.16. The summed E-state index contributed by atoms with van der Waals surface area (Å²) in [5, 5.41) is 3.77. The molecule has 0 amide bonds. The van der Waals surface area contributed by atoms with Gasteiger partial charge in [0.05, 0.1) is 0 Å². The fraction of sp³-hybridized carbons (Fsp3) is 0.737. The number of hydrogen-bond acceptors (Lipinski definition) is 3. The van der Waals surface area contributed by atoms with Gasteiger partial charge < -0.3 is 5.32 Å². The van der Waals surface area contributed by atoms with Crippen LogP contribution < -0.4 is 5.32 Å². The maximum absolute atomic E-state index is 4.70. The molecule has 2 aliphatic rings. The first-order valence-corrected chi connectivity index (χ1v) is 9.23. The van der Waals surface area contributed by atoms with Gasteiger partial charge in [-0.2, -0.15) is 0 Å². The number of pyridine rings is 1. The molecule has 0 bridgehead atoms. The molecule has 3 rings (SSSR count). The second kappa shape index (κ2) is 7.45. The number of nitrogens with zero attached hydrogens (tertiary/aromatic N) is 2. The highest BCUT2D eigenvalue weighted by atomic mass is 15.2. The third kappa shape index (κ3) is 3.62. The molecule has 0 unspecified atom stereocenters. The first-order valence-electron chi connectivity index (χ1n) is 9.23. The van der Waals surface area contributed by atoms with Gasteiger partial charge in [-0.05, 0) is 52.1 Å². The summed E-state index contributed by atoms with van der Waals surface area (Å²) in [5.74, 6) is 1.15. The fourth-order valence-corrected chi connectivity index (χ4v) is 4.15. The minimum atomic E-state index is 0.536. The van der Waals surface area contributed by atoms with Crippen molar-refractivity contribution >= 4 is 5.82 Å². The highest BCUT2D eigenvalue weighted by Crippen LogP contribution is 2.36. The van der Waals surface area contributed by atoms with Crippen LogP contribution in [0.4, 0.5) is 5.82 Å². The van der Waals surface area contributed by atoms with Crippen LogP contribution >= 0.6 is 0 Å². The average Bonchev–Trinajstić information content (AvgIpc) is 2.56. The fourth-order valence-electron chi connectivity index (χ4n) is 4.15. The third-order valence-corrected chi connectivity index (χ3v) is 5.35. The van der Waals surface area contributed by atoms with E-state index in [0.29, 0.717) is 18.1 Å². The first-order chi connectivity index (χ1) is 10.8. The second-order valence-electron chi connectivity index (χ2n) is 7.26. The van der Waals surface area contributed by atoms with Gasteiger partial charge in [0.2, 0.25) is 0 Å². The Bertz CT molecular complexity index is 466. The van der Waals surface area contributed by atoms with Gasteiger partial charge in [0, 0.05) is 29.9 Å². The van der Waals surface area contributed by atoms with E-state index in [9.17, 15) is 0 Å². The van der Waals surface area contributed by atoms with Crippen molar-refractivity contribution in [2.45, 2.75) is 83.3 Å². The van der Waals surface area contributed by atoms with E-state index in [-0.39, 0.29) is 0 Å². The number of rotatable bonds is 4. The summed E-state index contributed by atoms with van der Waals surface area (Å²) in [5.41, 5.74) is 1.42. The van der Waals surface area contributed by atoms with Crippen molar-refractivity contribution in [2.24, 2.45) is 0 Å². The van der Waals surface area contributed by atoms with Crippen LogP contribution in [0.5, 0.6) is 0 Å². The number of hydrogen-bond donors (Lipinski definition) is 1. The number of piperidine rings is 1. The van der Waals surface area contributed by atoms with E-state index in [2.05, 4.69) is 36.2 Å². The Balaban J connectivity index is 1.79. The molecule has 2 heterocycles. The predicted octanol–water partition coefficient (Wildman–Crippen LogP) is 4.76. The van der Waals surface area contributed by atoms with Crippen LogP contribution in [0.2, 0.25) is 0 Å². The third-order valence-electron chi connectivity index (χ3n) is 5.35. The van der Waals surface area contributed by atoms with E-state index in [1.165, 1.54) is 63.5 Å². The summed E-state index contributed by atoms with van der Waals surface area (Å²) in [7, 11) is 0. The molecule has 0 radical (unpaired) electrons. The lowest BCUT2D eigenvalue weighted by Gasteiger charge is -2.39. The molecule has 3 heteroatoms. The van der Waals surface area contributed by atoms with Gasteiger partial charge in [0.1, 0.15) is 5.82 Å². The number of likely N-dealkylation sites (tertiary alicyclic amines) is 1. The van der Waals surface area contributed by atoms with Crippen molar-refractivity contribution in [1.29, 1.82) is 0 Å². The Morgan fingerprint density at radius 3 is 2.64 bits per heavy atom. The summed E-state index contributed by atoms with van der Waals surface area (Å²) in [6.45, 7) is 5.87. The lowest BCUT2D eigenvalue weighted by Crippen LogP contribution is -2.39. The molecule has 1 aromatic rings. The molecule has 3 nitrogen and oxygen atoms in total. The smallest absolute Gasteiger partial charge is 0.130 e. The van der Waals surface area contributed by atoms with Crippen LogP contribution in [0.3, 0.4) is 0 Å². The van der Waals surface area contributed by atoms with Crippen LogP contribution in [-0.2, 0) is 0 Å². The Kier molecular flexibility index (Phi) is 5.35. The highest BCUT2D eigenvalue weighted by molar-refractivity contribution is 5.46. The lowest BCUT2D eigenvalue weighted by atomic mass is 9.92. The molecular weight excluding hydrogens is 270 g/mol. The SMILES string of the molecule is CC(C)N1CCCC[C@H]1c1cccnc1NC1CCCCC1. The molecular formula is C19H31N3. The Morgan fingerprint density at radius 2 is 1.86 bits per heavy atom.